The molecule has 0 aliphatic rings. The van der Waals surface area contributed by atoms with Crippen molar-refractivity contribution < 1.29 is 18.7 Å². The second kappa shape index (κ2) is 4.29. The van der Waals surface area contributed by atoms with E-state index in [-0.39, 0.29) is 5.56 Å². The molecule has 0 unspecified atom stereocenters. The molecule has 0 bridgehead atoms. The Labute approximate surface area is 95.4 Å². The maximum absolute atomic E-state index is 13.0. The van der Waals surface area contributed by atoms with Gasteiger partial charge in [-0.3, -0.25) is 4.98 Å². The second-order valence-corrected chi connectivity index (χ2v) is 3.37. The zero-order valence-corrected chi connectivity index (χ0v) is 8.52. The Balaban J connectivity index is 2.39. The molecular formula is C12H7F2NO2. The van der Waals surface area contributed by atoms with Crippen molar-refractivity contribution in [1.29, 1.82) is 0 Å². The average Bonchev–Trinajstić information content (AvgIpc) is 2.33. The van der Waals surface area contributed by atoms with E-state index >= 15 is 0 Å². The maximum Gasteiger partial charge on any atom is 0.337 e. The van der Waals surface area contributed by atoms with Gasteiger partial charge < -0.3 is 5.11 Å². The van der Waals surface area contributed by atoms with Crippen molar-refractivity contribution >= 4 is 5.97 Å². The predicted molar refractivity (Wildman–Crippen MR) is 56.5 cm³/mol. The van der Waals surface area contributed by atoms with Crippen molar-refractivity contribution in [3.05, 3.63) is 53.7 Å². The van der Waals surface area contributed by atoms with Gasteiger partial charge >= 0.3 is 5.97 Å². The minimum atomic E-state index is -1.09. The molecule has 86 valence electrons. The molecule has 0 spiro atoms. The Morgan fingerprint density at radius 1 is 1.12 bits per heavy atom. The fourth-order valence-corrected chi connectivity index (χ4v) is 1.35. The van der Waals surface area contributed by atoms with Gasteiger partial charge in [-0.15, -0.1) is 0 Å². The molecule has 1 aromatic carbocycles. The van der Waals surface area contributed by atoms with Gasteiger partial charge in [-0.2, -0.15) is 0 Å². The Bertz CT molecular complexity index is 567. The summed E-state index contributed by atoms with van der Waals surface area (Å²) in [4.78, 5) is 14.5. The van der Waals surface area contributed by atoms with Gasteiger partial charge in [-0.1, -0.05) is 0 Å². The standard InChI is InChI=1S/C12H7F2NO2/c13-9-3-1-7(5-10(9)14)11-4-2-8(6-15-11)12(16)17/h1-6H,(H,16,17). The maximum atomic E-state index is 13.0. The monoisotopic (exact) mass is 235 g/mol. The molecule has 0 saturated carbocycles. The van der Waals surface area contributed by atoms with Crippen LogP contribution in [0.5, 0.6) is 0 Å². The van der Waals surface area contributed by atoms with Crippen LogP contribution in [0.4, 0.5) is 8.78 Å². The summed E-state index contributed by atoms with van der Waals surface area (Å²) in [5.74, 6) is -2.99. The summed E-state index contributed by atoms with van der Waals surface area (Å²) in [6, 6.07) is 6.18. The van der Waals surface area contributed by atoms with Crippen LogP contribution in [0.1, 0.15) is 10.4 Å². The summed E-state index contributed by atoms with van der Waals surface area (Å²) in [5.41, 5.74) is 0.811. The van der Waals surface area contributed by atoms with Crippen LogP contribution in [-0.2, 0) is 0 Å². The van der Waals surface area contributed by atoms with Gasteiger partial charge in [-0.05, 0) is 30.3 Å². The van der Waals surface area contributed by atoms with Crippen LogP contribution in [-0.4, -0.2) is 16.1 Å². The third kappa shape index (κ3) is 2.28. The van der Waals surface area contributed by atoms with Crippen LogP contribution in [0.3, 0.4) is 0 Å². The second-order valence-electron chi connectivity index (χ2n) is 3.37. The molecule has 5 heteroatoms. The summed E-state index contributed by atoms with van der Waals surface area (Å²) >= 11 is 0. The van der Waals surface area contributed by atoms with E-state index in [1.807, 2.05) is 0 Å². The highest BCUT2D eigenvalue weighted by molar-refractivity contribution is 5.87. The van der Waals surface area contributed by atoms with E-state index in [1.54, 1.807) is 0 Å². The summed E-state index contributed by atoms with van der Waals surface area (Å²) in [5, 5.41) is 8.68. The number of pyridine rings is 1. The van der Waals surface area contributed by atoms with Crippen LogP contribution < -0.4 is 0 Å². The summed E-state index contributed by atoms with van der Waals surface area (Å²) in [6.07, 6.45) is 1.17. The number of hydrogen-bond donors (Lipinski definition) is 1. The SMILES string of the molecule is O=C(O)c1ccc(-c2ccc(F)c(F)c2)nc1. The van der Waals surface area contributed by atoms with E-state index in [1.165, 1.54) is 24.4 Å². The van der Waals surface area contributed by atoms with Crippen molar-refractivity contribution in [2.75, 3.05) is 0 Å². The summed E-state index contributed by atoms with van der Waals surface area (Å²) < 4.78 is 25.7. The molecule has 1 heterocycles. The number of aromatic carboxylic acids is 1. The van der Waals surface area contributed by atoms with Crippen LogP contribution >= 0.6 is 0 Å². The number of rotatable bonds is 2. The first-order valence-electron chi connectivity index (χ1n) is 4.72. The van der Waals surface area contributed by atoms with E-state index in [0.717, 1.165) is 12.1 Å². The van der Waals surface area contributed by atoms with Crippen LogP contribution in [0, 0.1) is 11.6 Å². The lowest BCUT2D eigenvalue weighted by Crippen LogP contribution is -1.97. The molecular weight excluding hydrogens is 228 g/mol. The number of carboxylic acid groups (broad SMARTS) is 1. The Hall–Kier alpha value is -2.30. The van der Waals surface area contributed by atoms with Crippen molar-refractivity contribution in [2.45, 2.75) is 0 Å². The molecule has 1 N–H and O–H groups in total. The molecule has 0 amide bonds. The highest BCUT2D eigenvalue weighted by Crippen LogP contribution is 2.19. The van der Waals surface area contributed by atoms with Gasteiger partial charge in [0.05, 0.1) is 11.3 Å². The van der Waals surface area contributed by atoms with Gasteiger partial charge in [0, 0.05) is 11.8 Å². The Morgan fingerprint density at radius 2 is 1.88 bits per heavy atom. The Kier molecular flexibility index (Phi) is 2.82. The fourth-order valence-electron chi connectivity index (χ4n) is 1.35. The van der Waals surface area contributed by atoms with Crippen LogP contribution in [0.25, 0.3) is 11.3 Å². The van der Waals surface area contributed by atoms with Crippen LogP contribution in [0.15, 0.2) is 36.5 Å². The van der Waals surface area contributed by atoms with Crippen LogP contribution in [0.2, 0.25) is 0 Å². The number of carbonyl (C=O) groups is 1. The highest BCUT2D eigenvalue weighted by Gasteiger charge is 2.07. The number of benzene rings is 1. The molecule has 17 heavy (non-hydrogen) atoms. The predicted octanol–water partition coefficient (Wildman–Crippen LogP) is 2.73. The Morgan fingerprint density at radius 3 is 2.41 bits per heavy atom. The first-order valence-corrected chi connectivity index (χ1v) is 4.72. The topological polar surface area (TPSA) is 50.2 Å². The molecule has 3 nitrogen and oxygen atoms in total. The number of aromatic nitrogens is 1. The van der Waals surface area contributed by atoms with Crippen molar-refractivity contribution in [3.8, 4) is 11.3 Å². The quantitative estimate of drug-likeness (QED) is 0.870. The fraction of sp³-hybridized carbons (Fsp3) is 0. The zero-order valence-electron chi connectivity index (χ0n) is 8.52. The van der Waals surface area contributed by atoms with E-state index in [9.17, 15) is 13.6 Å². The van der Waals surface area contributed by atoms with Crippen molar-refractivity contribution in [1.82, 2.24) is 4.98 Å². The first-order chi connectivity index (χ1) is 8.08. The molecule has 1 aromatic heterocycles. The molecule has 0 saturated heterocycles. The lowest BCUT2D eigenvalue weighted by atomic mass is 10.1. The minimum absolute atomic E-state index is 0.0383. The molecule has 2 aromatic rings. The molecule has 0 fully saturated rings. The number of nitrogens with zero attached hydrogens (tertiary/aromatic N) is 1. The summed E-state index contributed by atoms with van der Waals surface area (Å²) in [6.45, 7) is 0. The number of carboxylic acids is 1. The van der Waals surface area contributed by atoms with Gasteiger partial charge in [0.15, 0.2) is 11.6 Å². The van der Waals surface area contributed by atoms with Gasteiger partial charge in [-0.25, -0.2) is 13.6 Å². The molecule has 0 aliphatic carbocycles. The zero-order chi connectivity index (χ0) is 12.4. The molecule has 0 aliphatic heterocycles. The molecule has 2 rings (SSSR count). The average molecular weight is 235 g/mol. The minimum Gasteiger partial charge on any atom is -0.478 e. The third-order valence-electron chi connectivity index (χ3n) is 2.23. The normalized spacial score (nSPS) is 10.2. The van der Waals surface area contributed by atoms with E-state index in [0.29, 0.717) is 11.3 Å². The van der Waals surface area contributed by atoms with E-state index in [2.05, 4.69) is 4.98 Å². The van der Waals surface area contributed by atoms with E-state index < -0.39 is 17.6 Å². The van der Waals surface area contributed by atoms with Gasteiger partial charge in [0.2, 0.25) is 0 Å². The van der Waals surface area contributed by atoms with Crippen molar-refractivity contribution in [2.24, 2.45) is 0 Å². The third-order valence-corrected chi connectivity index (χ3v) is 2.23. The van der Waals surface area contributed by atoms with Crippen molar-refractivity contribution in [3.63, 3.8) is 0 Å². The van der Waals surface area contributed by atoms with E-state index in [4.69, 9.17) is 5.11 Å². The summed E-state index contributed by atoms with van der Waals surface area (Å²) in [7, 11) is 0. The molecule has 0 radical (unpaired) electrons. The largest absolute Gasteiger partial charge is 0.478 e. The number of hydrogen-bond acceptors (Lipinski definition) is 2. The van der Waals surface area contributed by atoms with Gasteiger partial charge in [0.1, 0.15) is 0 Å². The smallest absolute Gasteiger partial charge is 0.337 e. The lowest BCUT2D eigenvalue weighted by molar-refractivity contribution is 0.0696. The lowest BCUT2D eigenvalue weighted by Gasteiger charge is -2.02. The molecule has 0 atom stereocenters. The number of halogens is 2. The first kappa shape index (κ1) is 11.2. The highest BCUT2D eigenvalue weighted by atomic mass is 19.2. The van der Waals surface area contributed by atoms with Gasteiger partial charge in [0.25, 0.3) is 0 Å².